The van der Waals surface area contributed by atoms with Gasteiger partial charge in [-0.05, 0) is 48.2 Å². The number of hydrogen-bond acceptors (Lipinski definition) is 6. The summed E-state index contributed by atoms with van der Waals surface area (Å²) in [6.07, 6.45) is 0. The zero-order valence-electron chi connectivity index (χ0n) is 17.0. The lowest BCUT2D eigenvalue weighted by Gasteiger charge is -2.11. The van der Waals surface area contributed by atoms with Gasteiger partial charge in [-0.25, -0.2) is 4.98 Å². The van der Waals surface area contributed by atoms with E-state index in [9.17, 15) is 0 Å². The Bertz CT molecular complexity index is 1350. The molecular weight excluding hydrogens is 460 g/mol. The summed E-state index contributed by atoms with van der Waals surface area (Å²) in [5.74, 6) is 1.46. The molecule has 0 bridgehead atoms. The molecule has 0 radical (unpaired) electrons. The average molecular weight is 477 g/mol. The Morgan fingerprint density at radius 1 is 0.906 bits per heavy atom. The molecule has 158 valence electrons. The minimum atomic E-state index is 0.707. The maximum absolute atomic E-state index is 6.01. The van der Waals surface area contributed by atoms with Gasteiger partial charge in [0.1, 0.15) is 5.75 Å². The van der Waals surface area contributed by atoms with Crippen LogP contribution in [0.4, 0.5) is 0 Å². The molecule has 0 aliphatic rings. The number of benzene rings is 3. The minimum Gasteiger partial charge on any atom is -0.496 e. The molecule has 0 saturated carbocycles. The Balaban J connectivity index is 1.55. The third-order valence-electron chi connectivity index (χ3n) is 4.80. The lowest BCUT2D eigenvalue weighted by molar-refractivity contribution is 0.416. The fraction of sp³-hybridized carbons (Fsp3) is 0.0417. The van der Waals surface area contributed by atoms with E-state index in [1.807, 2.05) is 88.8 Å². The predicted octanol–water partition coefficient (Wildman–Crippen LogP) is 6.87. The molecule has 0 spiro atoms. The largest absolute Gasteiger partial charge is 0.496 e. The molecule has 0 aliphatic heterocycles. The zero-order valence-corrected chi connectivity index (χ0v) is 19.4. The first kappa shape index (κ1) is 20.8. The third kappa shape index (κ3) is 4.14. The molecule has 3 aromatic carbocycles. The van der Waals surface area contributed by atoms with Gasteiger partial charge in [0.2, 0.25) is 5.16 Å². The molecule has 0 fully saturated rings. The van der Waals surface area contributed by atoms with Crippen LogP contribution in [0.25, 0.3) is 28.3 Å². The van der Waals surface area contributed by atoms with Crippen LogP contribution in [0.2, 0.25) is 5.02 Å². The van der Waals surface area contributed by atoms with Gasteiger partial charge in [-0.3, -0.25) is 4.57 Å². The molecule has 5 nitrogen and oxygen atoms in total. The topological polar surface area (TPSA) is 52.8 Å². The molecule has 0 atom stereocenters. The van der Waals surface area contributed by atoms with E-state index in [1.54, 1.807) is 18.4 Å². The van der Waals surface area contributed by atoms with Crippen molar-refractivity contribution in [2.75, 3.05) is 7.11 Å². The molecule has 32 heavy (non-hydrogen) atoms. The molecule has 0 N–H and O–H groups in total. The summed E-state index contributed by atoms with van der Waals surface area (Å²) >= 11 is 9.07. The predicted molar refractivity (Wildman–Crippen MR) is 130 cm³/mol. The van der Waals surface area contributed by atoms with Crippen molar-refractivity contribution in [2.24, 2.45) is 0 Å². The lowest BCUT2D eigenvalue weighted by atomic mass is 10.2. The van der Waals surface area contributed by atoms with E-state index in [0.29, 0.717) is 10.8 Å². The summed E-state index contributed by atoms with van der Waals surface area (Å²) < 4.78 is 8.49. The molecular formula is C24H17ClN4OS2. The monoisotopic (exact) mass is 476 g/mol. The van der Waals surface area contributed by atoms with E-state index in [4.69, 9.17) is 21.3 Å². The van der Waals surface area contributed by atoms with Crippen LogP contribution in [0.3, 0.4) is 0 Å². The molecule has 0 aliphatic carbocycles. The van der Waals surface area contributed by atoms with Gasteiger partial charge in [-0.1, -0.05) is 54.1 Å². The highest BCUT2D eigenvalue weighted by Crippen LogP contribution is 2.37. The van der Waals surface area contributed by atoms with Gasteiger partial charge >= 0.3 is 0 Å². The molecule has 2 aromatic heterocycles. The number of ether oxygens (including phenoxy) is 1. The Kier molecular flexibility index (Phi) is 5.94. The van der Waals surface area contributed by atoms with E-state index in [1.165, 1.54) is 11.8 Å². The van der Waals surface area contributed by atoms with Crippen molar-refractivity contribution in [3.05, 3.63) is 89.3 Å². The van der Waals surface area contributed by atoms with Crippen molar-refractivity contribution in [3.8, 4) is 34.1 Å². The second-order valence-corrected chi connectivity index (χ2v) is 9.29. The molecule has 0 amide bonds. The highest BCUT2D eigenvalue weighted by Gasteiger charge is 2.20. The van der Waals surface area contributed by atoms with Crippen LogP contribution in [0.1, 0.15) is 0 Å². The molecule has 0 saturated heterocycles. The maximum Gasteiger partial charge on any atom is 0.203 e. The summed E-state index contributed by atoms with van der Waals surface area (Å²) in [5.41, 5.74) is 3.77. The highest BCUT2D eigenvalue weighted by molar-refractivity contribution is 8.00. The van der Waals surface area contributed by atoms with Crippen molar-refractivity contribution >= 4 is 34.7 Å². The van der Waals surface area contributed by atoms with Crippen molar-refractivity contribution in [1.29, 1.82) is 0 Å². The summed E-state index contributed by atoms with van der Waals surface area (Å²) in [6, 6.07) is 25.5. The summed E-state index contributed by atoms with van der Waals surface area (Å²) in [7, 11) is 1.66. The van der Waals surface area contributed by atoms with E-state index in [-0.39, 0.29) is 0 Å². The Morgan fingerprint density at radius 3 is 2.44 bits per heavy atom. The second-order valence-electron chi connectivity index (χ2n) is 6.79. The first-order chi connectivity index (χ1) is 15.7. The van der Waals surface area contributed by atoms with Gasteiger partial charge in [0.05, 0.1) is 18.4 Å². The van der Waals surface area contributed by atoms with Crippen LogP contribution in [0, 0.1) is 0 Å². The number of para-hydroxylation sites is 2. The van der Waals surface area contributed by atoms with E-state index in [0.717, 1.165) is 37.8 Å². The Morgan fingerprint density at radius 2 is 1.66 bits per heavy atom. The van der Waals surface area contributed by atoms with Crippen LogP contribution in [0.15, 0.2) is 93.7 Å². The van der Waals surface area contributed by atoms with E-state index < -0.39 is 0 Å². The molecule has 2 heterocycles. The quantitative estimate of drug-likeness (QED) is 0.267. The fourth-order valence-electron chi connectivity index (χ4n) is 3.29. The van der Waals surface area contributed by atoms with Crippen LogP contribution >= 0.6 is 34.7 Å². The van der Waals surface area contributed by atoms with Crippen molar-refractivity contribution in [1.82, 2.24) is 19.7 Å². The summed E-state index contributed by atoms with van der Waals surface area (Å²) in [5, 5.41) is 12.5. The Labute approximate surface area is 198 Å². The maximum atomic E-state index is 6.01. The first-order valence-electron chi connectivity index (χ1n) is 9.76. The van der Waals surface area contributed by atoms with Gasteiger partial charge in [-0.15, -0.1) is 21.5 Å². The molecule has 0 unspecified atom stereocenters. The first-order valence-corrected chi connectivity index (χ1v) is 11.8. The van der Waals surface area contributed by atoms with Gasteiger partial charge in [0.25, 0.3) is 0 Å². The zero-order chi connectivity index (χ0) is 21.9. The summed E-state index contributed by atoms with van der Waals surface area (Å²) in [4.78, 5) is 4.79. The third-order valence-corrected chi connectivity index (χ3v) is 6.93. The lowest BCUT2D eigenvalue weighted by Crippen LogP contribution is -2.00. The van der Waals surface area contributed by atoms with Crippen molar-refractivity contribution < 1.29 is 4.74 Å². The van der Waals surface area contributed by atoms with Gasteiger partial charge in [0, 0.05) is 21.7 Å². The minimum absolute atomic E-state index is 0.707. The van der Waals surface area contributed by atoms with Gasteiger partial charge < -0.3 is 4.74 Å². The van der Waals surface area contributed by atoms with Crippen LogP contribution in [-0.4, -0.2) is 26.9 Å². The highest BCUT2D eigenvalue weighted by atomic mass is 35.5. The van der Waals surface area contributed by atoms with Crippen LogP contribution < -0.4 is 4.74 Å². The standard InChI is InChI=1S/C24H17ClN4OS2/c1-30-21-10-6-5-9-19(21)22-27-28-23(29(22)18-7-3-2-4-8-18)32-24-26-20(15-31-24)16-11-13-17(25)14-12-16/h2-15H,1H3. The number of thiazole rings is 1. The number of nitrogens with zero attached hydrogens (tertiary/aromatic N) is 4. The van der Waals surface area contributed by atoms with Crippen LogP contribution in [0.5, 0.6) is 5.75 Å². The van der Waals surface area contributed by atoms with Crippen LogP contribution in [-0.2, 0) is 0 Å². The molecule has 5 aromatic rings. The van der Waals surface area contributed by atoms with Crippen molar-refractivity contribution in [3.63, 3.8) is 0 Å². The number of methoxy groups -OCH3 is 1. The number of aromatic nitrogens is 4. The van der Waals surface area contributed by atoms with E-state index >= 15 is 0 Å². The van der Waals surface area contributed by atoms with Crippen molar-refractivity contribution in [2.45, 2.75) is 9.50 Å². The number of halogens is 1. The van der Waals surface area contributed by atoms with Gasteiger partial charge in [-0.2, -0.15) is 0 Å². The fourth-order valence-corrected chi connectivity index (χ4v) is 5.19. The Hall–Kier alpha value is -3.13. The number of rotatable bonds is 6. The second kappa shape index (κ2) is 9.16. The van der Waals surface area contributed by atoms with Gasteiger partial charge in [0.15, 0.2) is 10.2 Å². The normalized spacial score (nSPS) is 10.9. The smallest absolute Gasteiger partial charge is 0.203 e. The summed E-state index contributed by atoms with van der Waals surface area (Å²) in [6.45, 7) is 0. The molecule has 5 rings (SSSR count). The average Bonchev–Trinajstić information content (AvgIpc) is 3.48. The molecule has 8 heteroatoms. The van der Waals surface area contributed by atoms with E-state index in [2.05, 4.69) is 10.2 Å². The SMILES string of the molecule is COc1ccccc1-c1nnc(Sc2nc(-c3ccc(Cl)cc3)cs2)n1-c1ccccc1. The number of hydrogen-bond donors (Lipinski definition) is 0.